The molecule has 0 radical (unpaired) electrons. The van der Waals surface area contributed by atoms with Crippen LogP contribution in [0.2, 0.25) is 0 Å². The summed E-state index contributed by atoms with van der Waals surface area (Å²) in [5, 5.41) is 5.61. The van der Waals surface area contributed by atoms with Gasteiger partial charge in [-0.2, -0.15) is 9.97 Å². The van der Waals surface area contributed by atoms with Gasteiger partial charge in [0.15, 0.2) is 11.6 Å². The number of nitrogens with zero attached hydrogens (tertiary/aromatic N) is 6. The molecule has 0 bridgehead atoms. The van der Waals surface area contributed by atoms with Crippen LogP contribution in [0.25, 0.3) is 98.8 Å². The number of fused-ring (bicyclic) bond motifs is 7. The van der Waals surface area contributed by atoms with Crippen molar-refractivity contribution in [2.75, 3.05) is 0 Å². The van der Waals surface area contributed by atoms with E-state index in [1.165, 1.54) is 5.39 Å². The summed E-state index contributed by atoms with van der Waals surface area (Å²) in [6, 6.07) is 59.2. The lowest BCUT2D eigenvalue weighted by Gasteiger charge is -2.11. The Kier molecular flexibility index (Phi) is 6.62. The van der Waals surface area contributed by atoms with Gasteiger partial charge in [-0.25, -0.2) is 9.97 Å². The first-order valence-electron chi connectivity index (χ1n) is 17.6. The second kappa shape index (κ2) is 11.8. The summed E-state index contributed by atoms with van der Waals surface area (Å²) in [5.74, 6) is 1.79. The SMILES string of the molecule is c1ccc(-c2nc3ccc(-c4nc(-c5ccc6c(c5)c5ccccc5n6-c5ccccc5)nc(-n5c6ccccc6c6ccccc65)n4)cc3s2)cc1. The van der Waals surface area contributed by atoms with Crippen molar-refractivity contribution in [1.82, 2.24) is 29.1 Å². The molecule has 53 heavy (non-hydrogen) atoms. The molecule has 6 nitrogen and oxygen atoms in total. The van der Waals surface area contributed by atoms with Gasteiger partial charge < -0.3 is 4.57 Å². The largest absolute Gasteiger partial charge is 0.309 e. The molecule has 0 atom stereocenters. The molecule has 248 valence electrons. The van der Waals surface area contributed by atoms with E-state index >= 15 is 0 Å². The Morgan fingerprint density at radius 3 is 1.58 bits per heavy atom. The zero-order valence-electron chi connectivity index (χ0n) is 28.3. The molecule has 0 fully saturated rings. The van der Waals surface area contributed by atoms with E-state index in [2.05, 4.69) is 161 Å². The lowest BCUT2D eigenvalue weighted by atomic mass is 10.1. The first-order chi connectivity index (χ1) is 26.3. The van der Waals surface area contributed by atoms with Crippen molar-refractivity contribution < 1.29 is 0 Å². The normalized spacial score (nSPS) is 11.8. The molecule has 0 saturated carbocycles. The van der Waals surface area contributed by atoms with Crippen LogP contribution >= 0.6 is 11.3 Å². The van der Waals surface area contributed by atoms with E-state index in [1.807, 2.05) is 18.2 Å². The zero-order valence-corrected chi connectivity index (χ0v) is 29.1. The van der Waals surface area contributed by atoms with Crippen LogP contribution < -0.4 is 0 Å². The molecular formula is C46H28N6S. The van der Waals surface area contributed by atoms with E-state index in [0.29, 0.717) is 17.6 Å². The van der Waals surface area contributed by atoms with Crippen LogP contribution in [0.1, 0.15) is 0 Å². The van der Waals surface area contributed by atoms with Gasteiger partial charge in [-0.15, -0.1) is 11.3 Å². The molecule has 0 N–H and O–H groups in total. The van der Waals surface area contributed by atoms with Gasteiger partial charge in [0, 0.05) is 43.9 Å². The second-order valence-corrected chi connectivity index (χ2v) is 14.2. The van der Waals surface area contributed by atoms with Gasteiger partial charge in [0.2, 0.25) is 5.95 Å². The number of rotatable bonds is 5. The summed E-state index contributed by atoms with van der Waals surface area (Å²) in [4.78, 5) is 20.6. The first-order valence-corrected chi connectivity index (χ1v) is 18.4. The van der Waals surface area contributed by atoms with E-state index in [9.17, 15) is 0 Å². The van der Waals surface area contributed by atoms with Gasteiger partial charge in [0.05, 0.1) is 32.3 Å². The number of aromatic nitrogens is 6. The molecule has 7 heteroatoms. The van der Waals surface area contributed by atoms with Crippen molar-refractivity contribution in [1.29, 1.82) is 0 Å². The molecule has 11 rings (SSSR count). The monoisotopic (exact) mass is 696 g/mol. The van der Waals surface area contributed by atoms with Crippen molar-refractivity contribution in [2.45, 2.75) is 0 Å². The highest BCUT2D eigenvalue weighted by molar-refractivity contribution is 7.21. The summed E-state index contributed by atoms with van der Waals surface area (Å²) in [6.45, 7) is 0. The summed E-state index contributed by atoms with van der Waals surface area (Å²) < 4.78 is 5.57. The number of benzene rings is 7. The fourth-order valence-electron chi connectivity index (χ4n) is 7.60. The molecule has 0 aliphatic heterocycles. The Hall–Kier alpha value is -6.96. The Morgan fingerprint density at radius 2 is 0.906 bits per heavy atom. The number of hydrogen-bond acceptors (Lipinski definition) is 5. The summed E-state index contributed by atoms with van der Waals surface area (Å²) >= 11 is 1.68. The minimum Gasteiger partial charge on any atom is -0.309 e. The van der Waals surface area contributed by atoms with Crippen LogP contribution in [-0.4, -0.2) is 29.1 Å². The standard InChI is InChI=1S/C46H28N6S/c1-3-13-29(14-4-1)45-47-37-25-23-31(28-42(37)53-45)44-48-43(49-46(50-44)52-39-21-11-7-17-33(39)34-18-8-12-22-40(34)52)30-24-26-41-36(27-30)35-19-9-10-20-38(35)51(41)32-15-5-2-6-16-32/h1-28H. The van der Waals surface area contributed by atoms with Gasteiger partial charge in [-0.3, -0.25) is 4.57 Å². The molecular weight excluding hydrogens is 669 g/mol. The van der Waals surface area contributed by atoms with Crippen molar-refractivity contribution in [3.8, 4) is 45.0 Å². The average molecular weight is 697 g/mol. The fraction of sp³-hybridized carbons (Fsp3) is 0. The minimum absolute atomic E-state index is 0.573. The van der Waals surface area contributed by atoms with Gasteiger partial charge >= 0.3 is 0 Å². The van der Waals surface area contributed by atoms with Crippen LogP contribution in [0.15, 0.2) is 170 Å². The Labute approximate surface area is 307 Å². The van der Waals surface area contributed by atoms with Gasteiger partial charge in [-0.05, 0) is 66.7 Å². The van der Waals surface area contributed by atoms with Crippen LogP contribution in [0.3, 0.4) is 0 Å². The lowest BCUT2D eigenvalue weighted by molar-refractivity contribution is 0.954. The maximum atomic E-state index is 5.25. The average Bonchev–Trinajstić information content (AvgIpc) is 3.91. The molecule has 0 unspecified atom stereocenters. The minimum atomic E-state index is 0.573. The molecule has 11 aromatic rings. The number of para-hydroxylation sites is 4. The third-order valence-electron chi connectivity index (χ3n) is 10.0. The van der Waals surface area contributed by atoms with E-state index in [0.717, 1.165) is 75.8 Å². The summed E-state index contributed by atoms with van der Waals surface area (Å²) in [5.41, 5.74) is 9.38. The molecule has 4 heterocycles. The summed E-state index contributed by atoms with van der Waals surface area (Å²) in [7, 11) is 0. The molecule has 0 spiro atoms. The van der Waals surface area contributed by atoms with Gasteiger partial charge in [-0.1, -0.05) is 103 Å². The quantitative estimate of drug-likeness (QED) is 0.180. The van der Waals surface area contributed by atoms with E-state index in [1.54, 1.807) is 11.3 Å². The van der Waals surface area contributed by atoms with Crippen LogP contribution in [0.4, 0.5) is 0 Å². The highest BCUT2D eigenvalue weighted by atomic mass is 32.1. The van der Waals surface area contributed by atoms with E-state index < -0.39 is 0 Å². The molecule has 0 saturated heterocycles. The number of hydrogen-bond donors (Lipinski definition) is 0. The van der Waals surface area contributed by atoms with E-state index in [4.69, 9.17) is 19.9 Å². The van der Waals surface area contributed by atoms with Crippen molar-refractivity contribution >= 4 is 65.2 Å². The van der Waals surface area contributed by atoms with Crippen molar-refractivity contribution in [3.05, 3.63) is 170 Å². The summed E-state index contributed by atoms with van der Waals surface area (Å²) in [6.07, 6.45) is 0. The lowest BCUT2D eigenvalue weighted by Crippen LogP contribution is -2.06. The zero-order chi connectivity index (χ0) is 34.9. The second-order valence-electron chi connectivity index (χ2n) is 13.1. The number of thiazole rings is 1. The third kappa shape index (κ3) is 4.79. The third-order valence-corrected chi connectivity index (χ3v) is 11.1. The first kappa shape index (κ1) is 29.7. The fourth-order valence-corrected chi connectivity index (χ4v) is 8.61. The Morgan fingerprint density at radius 1 is 0.377 bits per heavy atom. The van der Waals surface area contributed by atoms with Gasteiger partial charge in [0.1, 0.15) is 5.01 Å². The van der Waals surface area contributed by atoms with Gasteiger partial charge in [0.25, 0.3) is 0 Å². The highest BCUT2D eigenvalue weighted by Gasteiger charge is 2.20. The topological polar surface area (TPSA) is 61.4 Å². The maximum absolute atomic E-state index is 5.25. The highest BCUT2D eigenvalue weighted by Crippen LogP contribution is 2.37. The van der Waals surface area contributed by atoms with Crippen molar-refractivity contribution in [3.63, 3.8) is 0 Å². The molecule has 4 aromatic heterocycles. The molecule has 0 amide bonds. The molecule has 0 aliphatic rings. The van der Waals surface area contributed by atoms with Crippen LogP contribution in [0, 0.1) is 0 Å². The Balaban J connectivity index is 1.15. The van der Waals surface area contributed by atoms with Crippen LogP contribution in [-0.2, 0) is 0 Å². The molecule has 7 aromatic carbocycles. The Bertz CT molecular complexity index is 3120. The maximum Gasteiger partial charge on any atom is 0.238 e. The molecule has 0 aliphatic carbocycles. The van der Waals surface area contributed by atoms with Crippen molar-refractivity contribution in [2.24, 2.45) is 0 Å². The predicted octanol–water partition coefficient (Wildman–Crippen LogP) is 11.7. The van der Waals surface area contributed by atoms with E-state index in [-0.39, 0.29) is 0 Å². The van der Waals surface area contributed by atoms with Crippen LogP contribution in [0.5, 0.6) is 0 Å². The predicted molar refractivity (Wildman–Crippen MR) is 218 cm³/mol. The smallest absolute Gasteiger partial charge is 0.238 e.